The molecular formula is C14H18N4OS. The van der Waals surface area contributed by atoms with Gasteiger partial charge in [0.2, 0.25) is 0 Å². The van der Waals surface area contributed by atoms with Gasteiger partial charge in [-0.2, -0.15) is 0 Å². The summed E-state index contributed by atoms with van der Waals surface area (Å²) in [5, 5.41) is 8.06. The van der Waals surface area contributed by atoms with Gasteiger partial charge in [0.1, 0.15) is 0 Å². The molecule has 2 amide bonds. The number of rotatable bonds is 6. The number of aromatic nitrogens is 1. The van der Waals surface area contributed by atoms with Crippen LogP contribution in [0.15, 0.2) is 35.2 Å². The molecule has 1 heterocycles. The van der Waals surface area contributed by atoms with Crippen LogP contribution in [0.1, 0.15) is 24.2 Å². The lowest BCUT2D eigenvalue weighted by molar-refractivity contribution is 0.259. The highest BCUT2D eigenvalue weighted by molar-refractivity contribution is 7.07. The first-order valence-electron chi connectivity index (χ1n) is 6.42. The summed E-state index contributed by atoms with van der Waals surface area (Å²) < 4.78 is 0. The number of carbonyl (C=O) groups excluding carboxylic acids is 1. The minimum absolute atomic E-state index is 0.247. The van der Waals surface area contributed by atoms with Crippen molar-refractivity contribution in [3.05, 3.63) is 46.4 Å². The fourth-order valence-corrected chi connectivity index (χ4v) is 2.49. The standard InChI is InChI=1S/C14H18N4OS/c1-10(16-7-6-13-8-20-9-17-13)11-2-4-12(5-3-11)18-14(15)19/h2-5,8-10,16H,6-7H2,1H3,(H3,15,18,19). The van der Waals surface area contributed by atoms with E-state index in [0.29, 0.717) is 5.69 Å². The first kappa shape index (κ1) is 14.5. The molecule has 4 N–H and O–H groups in total. The lowest BCUT2D eigenvalue weighted by atomic mass is 10.1. The van der Waals surface area contributed by atoms with Crippen LogP contribution in [-0.4, -0.2) is 17.6 Å². The molecule has 0 aliphatic rings. The molecule has 1 atom stereocenters. The maximum absolute atomic E-state index is 10.7. The van der Waals surface area contributed by atoms with Crippen molar-refractivity contribution in [1.82, 2.24) is 10.3 Å². The SMILES string of the molecule is CC(NCCc1cscn1)c1ccc(NC(N)=O)cc1. The van der Waals surface area contributed by atoms with Crippen molar-refractivity contribution in [3.63, 3.8) is 0 Å². The Morgan fingerprint density at radius 2 is 2.15 bits per heavy atom. The second-order valence-corrected chi connectivity index (χ2v) is 5.24. The number of nitrogens with zero attached hydrogens (tertiary/aromatic N) is 1. The third kappa shape index (κ3) is 4.32. The van der Waals surface area contributed by atoms with E-state index in [1.54, 1.807) is 11.3 Å². The highest BCUT2D eigenvalue weighted by Gasteiger charge is 2.05. The number of nitrogens with one attached hydrogen (secondary N) is 2. The van der Waals surface area contributed by atoms with Crippen LogP contribution in [0, 0.1) is 0 Å². The smallest absolute Gasteiger partial charge is 0.316 e. The Morgan fingerprint density at radius 3 is 2.75 bits per heavy atom. The van der Waals surface area contributed by atoms with Gasteiger partial charge >= 0.3 is 6.03 Å². The quantitative estimate of drug-likeness (QED) is 0.764. The average molecular weight is 290 g/mol. The number of nitrogens with two attached hydrogens (primary N) is 1. The van der Waals surface area contributed by atoms with Crippen molar-refractivity contribution in [3.8, 4) is 0 Å². The molecule has 5 nitrogen and oxygen atoms in total. The summed E-state index contributed by atoms with van der Waals surface area (Å²) in [7, 11) is 0. The van der Waals surface area contributed by atoms with E-state index >= 15 is 0 Å². The van der Waals surface area contributed by atoms with Gasteiger partial charge in [-0.15, -0.1) is 11.3 Å². The number of carbonyl (C=O) groups is 1. The third-order valence-corrected chi connectivity index (χ3v) is 3.63. The molecule has 2 aromatic rings. The van der Waals surface area contributed by atoms with Gasteiger partial charge in [0.25, 0.3) is 0 Å². The van der Waals surface area contributed by atoms with Crippen LogP contribution in [0.25, 0.3) is 0 Å². The van der Waals surface area contributed by atoms with Crippen molar-refractivity contribution >= 4 is 23.1 Å². The molecule has 6 heteroatoms. The molecule has 1 aromatic carbocycles. The van der Waals surface area contributed by atoms with Gasteiger partial charge in [-0.05, 0) is 24.6 Å². The number of hydrogen-bond donors (Lipinski definition) is 3. The second kappa shape index (κ2) is 7.02. The van der Waals surface area contributed by atoms with Gasteiger partial charge in [-0.3, -0.25) is 0 Å². The molecule has 0 aliphatic carbocycles. The fourth-order valence-electron chi connectivity index (χ4n) is 1.89. The zero-order valence-electron chi connectivity index (χ0n) is 11.3. The summed E-state index contributed by atoms with van der Waals surface area (Å²) >= 11 is 1.62. The number of primary amides is 1. The molecule has 106 valence electrons. The average Bonchev–Trinajstić information content (AvgIpc) is 2.92. The Kier molecular flexibility index (Phi) is 5.09. The molecule has 2 rings (SSSR count). The number of benzene rings is 1. The van der Waals surface area contributed by atoms with Crippen LogP contribution in [0.4, 0.5) is 10.5 Å². The van der Waals surface area contributed by atoms with Crippen LogP contribution >= 0.6 is 11.3 Å². The first-order valence-corrected chi connectivity index (χ1v) is 7.36. The predicted octanol–water partition coefficient (Wildman–Crippen LogP) is 2.53. The number of anilines is 1. The van der Waals surface area contributed by atoms with Crippen molar-refractivity contribution in [1.29, 1.82) is 0 Å². The molecule has 0 aliphatic heterocycles. The van der Waals surface area contributed by atoms with Crippen molar-refractivity contribution in [2.45, 2.75) is 19.4 Å². The maximum Gasteiger partial charge on any atom is 0.316 e. The van der Waals surface area contributed by atoms with E-state index in [0.717, 1.165) is 18.7 Å². The Balaban J connectivity index is 1.82. The second-order valence-electron chi connectivity index (χ2n) is 4.52. The Bertz CT molecular complexity index is 539. The van der Waals surface area contributed by atoms with Gasteiger partial charge in [-0.1, -0.05) is 12.1 Å². The highest BCUT2D eigenvalue weighted by atomic mass is 32.1. The number of thiazole rings is 1. The number of amides is 2. The van der Waals surface area contributed by atoms with E-state index in [1.807, 2.05) is 29.8 Å². The summed E-state index contributed by atoms with van der Waals surface area (Å²) in [6.45, 7) is 2.99. The number of urea groups is 1. The molecule has 1 unspecified atom stereocenters. The van der Waals surface area contributed by atoms with Crippen molar-refractivity contribution in [2.24, 2.45) is 5.73 Å². The zero-order valence-corrected chi connectivity index (χ0v) is 12.1. The largest absolute Gasteiger partial charge is 0.351 e. The van der Waals surface area contributed by atoms with E-state index in [4.69, 9.17) is 5.73 Å². The molecular weight excluding hydrogens is 272 g/mol. The fraction of sp³-hybridized carbons (Fsp3) is 0.286. The first-order chi connectivity index (χ1) is 9.65. The summed E-state index contributed by atoms with van der Waals surface area (Å²) in [5.41, 5.74) is 9.91. The lowest BCUT2D eigenvalue weighted by Crippen LogP contribution is -2.22. The van der Waals surface area contributed by atoms with Gasteiger partial charge in [-0.25, -0.2) is 9.78 Å². The van der Waals surface area contributed by atoms with Crippen LogP contribution < -0.4 is 16.4 Å². The van der Waals surface area contributed by atoms with E-state index < -0.39 is 6.03 Å². The van der Waals surface area contributed by atoms with E-state index in [9.17, 15) is 4.79 Å². The van der Waals surface area contributed by atoms with E-state index in [-0.39, 0.29) is 6.04 Å². The maximum atomic E-state index is 10.7. The van der Waals surface area contributed by atoms with E-state index in [1.165, 1.54) is 5.56 Å². The van der Waals surface area contributed by atoms with Crippen molar-refractivity contribution in [2.75, 3.05) is 11.9 Å². The minimum atomic E-state index is -0.549. The van der Waals surface area contributed by atoms with Crippen LogP contribution in [0.3, 0.4) is 0 Å². The summed E-state index contributed by atoms with van der Waals surface area (Å²) in [6.07, 6.45) is 0.926. The summed E-state index contributed by atoms with van der Waals surface area (Å²) in [4.78, 5) is 15.0. The predicted molar refractivity (Wildman–Crippen MR) is 81.9 cm³/mol. The lowest BCUT2D eigenvalue weighted by Gasteiger charge is -2.14. The van der Waals surface area contributed by atoms with Gasteiger partial charge in [0.05, 0.1) is 11.2 Å². The molecule has 0 radical (unpaired) electrons. The van der Waals surface area contributed by atoms with Crippen LogP contribution in [0.5, 0.6) is 0 Å². The molecule has 0 saturated heterocycles. The minimum Gasteiger partial charge on any atom is -0.351 e. The third-order valence-electron chi connectivity index (χ3n) is 2.99. The topological polar surface area (TPSA) is 80.0 Å². The normalized spacial score (nSPS) is 12.1. The van der Waals surface area contributed by atoms with Gasteiger partial charge in [0, 0.05) is 30.1 Å². The monoisotopic (exact) mass is 290 g/mol. The number of hydrogen-bond acceptors (Lipinski definition) is 4. The summed E-state index contributed by atoms with van der Waals surface area (Å²) in [5.74, 6) is 0. The summed E-state index contributed by atoms with van der Waals surface area (Å²) in [6, 6.07) is 7.35. The Morgan fingerprint density at radius 1 is 1.40 bits per heavy atom. The molecule has 0 saturated carbocycles. The molecule has 1 aromatic heterocycles. The van der Waals surface area contributed by atoms with Crippen LogP contribution in [0.2, 0.25) is 0 Å². The molecule has 0 fully saturated rings. The van der Waals surface area contributed by atoms with Crippen molar-refractivity contribution < 1.29 is 4.79 Å². The van der Waals surface area contributed by atoms with Crippen LogP contribution in [-0.2, 0) is 6.42 Å². The molecule has 0 spiro atoms. The van der Waals surface area contributed by atoms with Gasteiger partial charge < -0.3 is 16.4 Å². The zero-order chi connectivity index (χ0) is 14.4. The Labute approximate surface area is 122 Å². The molecule has 0 bridgehead atoms. The highest BCUT2D eigenvalue weighted by Crippen LogP contribution is 2.16. The molecule has 20 heavy (non-hydrogen) atoms. The van der Waals surface area contributed by atoms with Gasteiger partial charge in [0.15, 0.2) is 0 Å². The Hall–Kier alpha value is -1.92. The van der Waals surface area contributed by atoms with E-state index in [2.05, 4.69) is 27.9 Å².